The molecule has 1 aromatic carbocycles. The highest BCUT2D eigenvalue weighted by atomic mass is 79.9. The second-order valence-electron chi connectivity index (χ2n) is 5.62. The third-order valence-electron chi connectivity index (χ3n) is 3.43. The molecular formula is C15H19BrN2O2. The van der Waals surface area contributed by atoms with Gasteiger partial charge in [0.25, 0.3) is 0 Å². The van der Waals surface area contributed by atoms with Crippen molar-refractivity contribution in [2.24, 2.45) is 11.8 Å². The molecule has 0 saturated carbocycles. The third kappa shape index (κ3) is 3.82. The number of piperidine rings is 1. The number of hydrogen-bond acceptors (Lipinski definition) is 2. The molecule has 4 nitrogen and oxygen atoms in total. The van der Waals surface area contributed by atoms with Gasteiger partial charge in [0.15, 0.2) is 0 Å². The number of anilines is 1. The summed E-state index contributed by atoms with van der Waals surface area (Å²) in [6.45, 7) is 5.55. The molecule has 0 spiro atoms. The first kappa shape index (κ1) is 15.0. The Morgan fingerprint density at radius 3 is 2.50 bits per heavy atom. The molecular weight excluding hydrogens is 320 g/mol. The molecule has 108 valence electrons. The number of halogens is 1. The van der Waals surface area contributed by atoms with Crippen molar-refractivity contribution in [3.8, 4) is 0 Å². The highest BCUT2D eigenvalue weighted by Crippen LogP contribution is 2.21. The first-order valence-corrected chi connectivity index (χ1v) is 7.61. The second kappa shape index (κ2) is 6.39. The van der Waals surface area contributed by atoms with Crippen LogP contribution in [0.15, 0.2) is 28.7 Å². The van der Waals surface area contributed by atoms with E-state index < -0.39 is 11.8 Å². The standard InChI is InChI=1S/C15H19BrN2O2/c1-10-6-11(2)9-18(8-10)15(20)14(19)17-13-5-3-4-12(16)7-13/h3-5,7,10-11H,6,8-9H2,1-2H3,(H,17,19). The van der Waals surface area contributed by atoms with Gasteiger partial charge in [0.05, 0.1) is 0 Å². The van der Waals surface area contributed by atoms with Gasteiger partial charge in [0, 0.05) is 23.2 Å². The predicted octanol–water partition coefficient (Wildman–Crippen LogP) is 2.89. The van der Waals surface area contributed by atoms with E-state index in [0.717, 1.165) is 10.9 Å². The van der Waals surface area contributed by atoms with Gasteiger partial charge in [-0.25, -0.2) is 0 Å². The van der Waals surface area contributed by atoms with Gasteiger partial charge in [-0.05, 0) is 36.5 Å². The number of rotatable bonds is 1. The van der Waals surface area contributed by atoms with E-state index >= 15 is 0 Å². The van der Waals surface area contributed by atoms with E-state index in [4.69, 9.17) is 0 Å². The summed E-state index contributed by atoms with van der Waals surface area (Å²) in [5, 5.41) is 2.65. The second-order valence-corrected chi connectivity index (χ2v) is 6.54. The number of hydrogen-bond donors (Lipinski definition) is 1. The minimum absolute atomic E-state index is 0.441. The van der Waals surface area contributed by atoms with Gasteiger partial charge in [-0.15, -0.1) is 0 Å². The number of likely N-dealkylation sites (tertiary alicyclic amines) is 1. The molecule has 2 unspecified atom stereocenters. The van der Waals surface area contributed by atoms with Crippen LogP contribution < -0.4 is 5.32 Å². The van der Waals surface area contributed by atoms with Crippen LogP contribution in [0.3, 0.4) is 0 Å². The molecule has 1 fully saturated rings. The van der Waals surface area contributed by atoms with E-state index in [1.54, 1.807) is 17.0 Å². The fraction of sp³-hybridized carbons (Fsp3) is 0.467. The molecule has 0 radical (unpaired) electrons. The summed E-state index contributed by atoms with van der Waals surface area (Å²) in [4.78, 5) is 25.9. The minimum Gasteiger partial charge on any atom is -0.334 e. The lowest BCUT2D eigenvalue weighted by molar-refractivity contribution is -0.144. The van der Waals surface area contributed by atoms with Crippen LogP contribution in [0.25, 0.3) is 0 Å². The number of nitrogens with one attached hydrogen (secondary N) is 1. The van der Waals surface area contributed by atoms with E-state index in [9.17, 15) is 9.59 Å². The summed E-state index contributed by atoms with van der Waals surface area (Å²) in [5.41, 5.74) is 0.621. The van der Waals surface area contributed by atoms with Crippen molar-refractivity contribution in [3.05, 3.63) is 28.7 Å². The molecule has 2 atom stereocenters. The van der Waals surface area contributed by atoms with Crippen molar-refractivity contribution in [3.63, 3.8) is 0 Å². The van der Waals surface area contributed by atoms with Gasteiger partial charge in [0.2, 0.25) is 0 Å². The van der Waals surface area contributed by atoms with Crippen LogP contribution in [-0.4, -0.2) is 29.8 Å². The molecule has 1 aliphatic heterocycles. The Kier molecular flexibility index (Phi) is 4.81. The van der Waals surface area contributed by atoms with E-state index in [1.807, 2.05) is 12.1 Å². The summed E-state index contributed by atoms with van der Waals surface area (Å²) in [7, 11) is 0. The number of nitrogens with zero attached hydrogens (tertiary/aromatic N) is 1. The zero-order valence-electron chi connectivity index (χ0n) is 11.7. The van der Waals surface area contributed by atoms with Crippen molar-refractivity contribution < 1.29 is 9.59 Å². The summed E-state index contributed by atoms with van der Waals surface area (Å²) in [6.07, 6.45) is 1.11. The molecule has 0 aliphatic carbocycles. The van der Waals surface area contributed by atoms with Crippen LogP contribution in [0, 0.1) is 11.8 Å². The van der Waals surface area contributed by atoms with Crippen molar-refractivity contribution in [2.45, 2.75) is 20.3 Å². The molecule has 5 heteroatoms. The fourth-order valence-corrected chi connectivity index (χ4v) is 3.12. The summed E-state index contributed by atoms with van der Waals surface area (Å²) >= 11 is 3.33. The molecule has 20 heavy (non-hydrogen) atoms. The Morgan fingerprint density at radius 1 is 1.25 bits per heavy atom. The Bertz CT molecular complexity index is 508. The summed E-state index contributed by atoms with van der Waals surface area (Å²) < 4.78 is 0.864. The van der Waals surface area contributed by atoms with Gasteiger partial charge in [-0.1, -0.05) is 35.8 Å². The molecule has 1 heterocycles. The smallest absolute Gasteiger partial charge is 0.313 e. The topological polar surface area (TPSA) is 49.4 Å². The van der Waals surface area contributed by atoms with E-state index in [1.165, 1.54) is 0 Å². The van der Waals surface area contributed by atoms with Crippen LogP contribution in [0.4, 0.5) is 5.69 Å². The number of carbonyl (C=O) groups excluding carboxylic acids is 2. The number of carbonyl (C=O) groups is 2. The van der Waals surface area contributed by atoms with Crippen molar-refractivity contribution >= 4 is 33.4 Å². The molecule has 1 aliphatic rings. The minimum atomic E-state index is -0.565. The Labute approximate surface area is 127 Å². The maximum atomic E-state index is 12.2. The van der Waals surface area contributed by atoms with Gasteiger partial charge in [-0.2, -0.15) is 0 Å². The fourth-order valence-electron chi connectivity index (χ4n) is 2.72. The van der Waals surface area contributed by atoms with Gasteiger partial charge < -0.3 is 10.2 Å². The van der Waals surface area contributed by atoms with Gasteiger partial charge >= 0.3 is 11.8 Å². The maximum absolute atomic E-state index is 12.2. The average Bonchev–Trinajstić information content (AvgIpc) is 2.36. The van der Waals surface area contributed by atoms with E-state index in [2.05, 4.69) is 35.1 Å². The largest absolute Gasteiger partial charge is 0.334 e. The average molecular weight is 339 g/mol. The first-order valence-electron chi connectivity index (χ1n) is 6.81. The molecule has 1 N–H and O–H groups in total. The zero-order chi connectivity index (χ0) is 14.7. The lowest BCUT2D eigenvalue weighted by atomic mass is 9.92. The molecule has 2 rings (SSSR count). The van der Waals surface area contributed by atoms with Crippen LogP contribution in [0.5, 0.6) is 0 Å². The zero-order valence-corrected chi connectivity index (χ0v) is 13.3. The molecule has 0 aromatic heterocycles. The highest BCUT2D eigenvalue weighted by molar-refractivity contribution is 9.10. The third-order valence-corrected chi connectivity index (χ3v) is 3.93. The number of benzene rings is 1. The summed E-state index contributed by atoms with van der Waals surface area (Å²) in [5.74, 6) is -0.115. The van der Waals surface area contributed by atoms with Crippen molar-refractivity contribution in [2.75, 3.05) is 18.4 Å². The van der Waals surface area contributed by atoms with E-state index in [0.29, 0.717) is 30.6 Å². The summed E-state index contributed by atoms with van der Waals surface area (Å²) in [6, 6.07) is 7.21. The Balaban J connectivity index is 2.00. The molecule has 2 amide bonds. The predicted molar refractivity (Wildman–Crippen MR) is 82.3 cm³/mol. The van der Waals surface area contributed by atoms with E-state index in [-0.39, 0.29) is 0 Å². The molecule has 1 saturated heterocycles. The SMILES string of the molecule is CC1CC(C)CN(C(=O)C(=O)Nc2cccc(Br)c2)C1. The quantitative estimate of drug-likeness (QED) is 0.800. The van der Waals surface area contributed by atoms with Crippen LogP contribution in [0.2, 0.25) is 0 Å². The number of amides is 2. The van der Waals surface area contributed by atoms with Crippen molar-refractivity contribution in [1.82, 2.24) is 4.90 Å². The van der Waals surface area contributed by atoms with Crippen molar-refractivity contribution in [1.29, 1.82) is 0 Å². The maximum Gasteiger partial charge on any atom is 0.313 e. The van der Waals surface area contributed by atoms with Gasteiger partial charge in [-0.3, -0.25) is 9.59 Å². The Morgan fingerprint density at radius 2 is 1.90 bits per heavy atom. The first-order chi connectivity index (χ1) is 9.45. The van der Waals surface area contributed by atoms with Crippen LogP contribution >= 0.6 is 15.9 Å². The molecule has 0 bridgehead atoms. The van der Waals surface area contributed by atoms with Crippen LogP contribution in [0.1, 0.15) is 20.3 Å². The Hall–Kier alpha value is -1.36. The lowest BCUT2D eigenvalue weighted by Gasteiger charge is -2.34. The highest BCUT2D eigenvalue weighted by Gasteiger charge is 2.29. The lowest BCUT2D eigenvalue weighted by Crippen LogP contribution is -2.47. The monoisotopic (exact) mass is 338 g/mol. The van der Waals surface area contributed by atoms with Crippen LogP contribution in [-0.2, 0) is 9.59 Å². The van der Waals surface area contributed by atoms with Gasteiger partial charge in [0.1, 0.15) is 0 Å². The normalized spacial score (nSPS) is 22.4. The molecule has 1 aromatic rings.